The third-order valence-electron chi connectivity index (χ3n) is 7.48. The standard InChI is InChI=1S/C36H32N6O2/c1-41(2)33(43)21-31-27-15-8-9-16-29(27)37-36(40-31)26-14-10-13-24(19-26)25-17-18-28-30(20-25)38-35(23-11-6-5-7-12-23)39-32(28)22-34(44)42(3)4/h5-20,22H,21H2,1-4H3,(H,38,39). The number of hydrogen-bond acceptors (Lipinski definition) is 6. The molecule has 0 atom stereocenters. The fourth-order valence-corrected chi connectivity index (χ4v) is 5.02. The second-order valence-corrected chi connectivity index (χ2v) is 11.0. The molecular weight excluding hydrogens is 548 g/mol. The Labute approximate surface area is 256 Å². The quantitative estimate of drug-likeness (QED) is 0.253. The summed E-state index contributed by atoms with van der Waals surface area (Å²) in [4.78, 5) is 42.9. The van der Waals surface area contributed by atoms with E-state index in [2.05, 4.69) is 17.4 Å². The number of likely N-dealkylation sites (N-methyl/N-ethyl adjacent to an activating group) is 2. The molecule has 1 aliphatic heterocycles. The van der Waals surface area contributed by atoms with Gasteiger partial charge in [-0.05, 0) is 29.3 Å². The van der Waals surface area contributed by atoms with Gasteiger partial charge in [0.1, 0.15) is 5.84 Å². The number of amidine groups is 1. The smallest absolute Gasteiger partial charge is 0.248 e. The zero-order valence-electron chi connectivity index (χ0n) is 25.1. The van der Waals surface area contributed by atoms with Crippen molar-refractivity contribution in [3.63, 3.8) is 0 Å². The van der Waals surface area contributed by atoms with Crippen molar-refractivity contribution < 1.29 is 9.59 Å². The van der Waals surface area contributed by atoms with Gasteiger partial charge in [-0.1, -0.05) is 78.9 Å². The molecule has 0 radical (unpaired) electrons. The monoisotopic (exact) mass is 580 g/mol. The van der Waals surface area contributed by atoms with E-state index >= 15 is 0 Å². The van der Waals surface area contributed by atoms with Crippen LogP contribution in [-0.4, -0.2) is 65.6 Å². The minimum absolute atomic E-state index is 0.0192. The summed E-state index contributed by atoms with van der Waals surface area (Å²) in [5, 5.41) is 4.35. The van der Waals surface area contributed by atoms with Gasteiger partial charge in [-0.2, -0.15) is 0 Å². The molecule has 0 spiro atoms. The van der Waals surface area contributed by atoms with Gasteiger partial charge in [0, 0.05) is 62.0 Å². The third kappa shape index (κ3) is 5.83. The number of para-hydroxylation sites is 1. The van der Waals surface area contributed by atoms with Crippen LogP contribution in [0, 0.1) is 0 Å². The number of nitrogens with one attached hydrogen (secondary N) is 1. The second-order valence-electron chi connectivity index (χ2n) is 11.0. The maximum absolute atomic E-state index is 12.6. The predicted octanol–water partition coefficient (Wildman–Crippen LogP) is 5.90. The number of anilines is 1. The lowest BCUT2D eigenvalue weighted by Crippen LogP contribution is -2.24. The van der Waals surface area contributed by atoms with Crippen LogP contribution in [0.2, 0.25) is 0 Å². The molecule has 218 valence electrons. The first-order chi connectivity index (χ1) is 21.3. The van der Waals surface area contributed by atoms with Gasteiger partial charge < -0.3 is 15.1 Å². The van der Waals surface area contributed by atoms with Crippen LogP contribution in [0.25, 0.3) is 39.1 Å². The SMILES string of the molecule is CN(C)C(=O)C=C1N=C(c2ccccc2)Nc2cc(-c3cccc(-c4nc(CC(=O)N(C)C)c5ccccc5n4)c3)ccc21. The fourth-order valence-electron chi connectivity index (χ4n) is 5.02. The molecule has 2 heterocycles. The van der Waals surface area contributed by atoms with Crippen LogP contribution in [0.15, 0.2) is 108 Å². The Morgan fingerprint density at radius 3 is 2.20 bits per heavy atom. The summed E-state index contributed by atoms with van der Waals surface area (Å²) in [6.45, 7) is 0. The minimum atomic E-state index is -0.136. The zero-order valence-corrected chi connectivity index (χ0v) is 25.1. The zero-order chi connectivity index (χ0) is 30.8. The molecule has 0 bridgehead atoms. The molecule has 2 amide bonds. The maximum atomic E-state index is 12.6. The molecule has 8 nitrogen and oxygen atoms in total. The van der Waals surface area contributed by atoms with Gasteiger partial charge >= 0.3 is 0 Å². The summed E-state index contributed by atoms with van der Waals surface area (Å²) in [6, 6.07) is 31.8. The number of hydrogen-bond donors (Lipinski definition) is 1. The Hall–Kier alpha value is -5.63. The molecule has 1 aliphatic rings. The van der Waals surface area contributed by atoms with Gasteiger partial charge in [-0.25, -0.2) is 15.0 Å². The lowest BCUT2D eigenvalue weighted by atomic mass is 9.97. The normalized spacial score (nSPS) is 13.2. The van der Waals surface area contributed by atoms with Gasteiger partial charge in [0.05, 0.1) is 23.3 Å². The molecule has 0 fully saturated rings. The van der Waals surface area contributed by atoms with Gasteiger partial charge in [0.15, 0.2) is 5.82 Å². The first kappa shape index (κ1) is 28.5. The fraction of sp³-hybridized carbons (Fsp3) is 0.139. The van der Waals surface area contributed by atoms with Gasteiger partial charge in [-0.15, -0.1) is 0 Å². The van der Waals surface area contributed by atoms with E-state index in [4.69, 9.17) is 15.0 Å². The summed E-state index contributed by atoms with van der Waals surface area (Å²) >= 11 is 0. The summed E-state index contributed by atoms with van der Waals surface area (Å²) in [5.74, 6) is 1.08. The minimum Gasteiger partial charge on any atom is -0.348 e. The van der Waals surface area contributed by atoms with E-state index in [9.17, 15) is 9.59 Å². The number of carbonyl (C=O) groups excluding carboxylic acids is 2. The van der Waals surface area contributed by atoms with Crippen molar-refractivity contribution in [1.29, 1.82) is 0 Å². The molecule has 6 rings (SSSR count). The van der Waals surface area contributed by atoms with Crippen molar-refractivity contribution in [1.82, 2.24) is 19.8 Å². The molecule has 1 aromatic heterocycles. The Morgan fingerprint density at radius 2 is 1.43 bits per heavy atom. The van der Waals surface area contributed by atoms with Crippen molar-refractivity contribution >= 4 is 39.9 Å². The highest BCUT2D eigenvalue weighted by Gasteiger charge is 2.20. The number of carbonyl (C=O) groups is 2. The van der Waals surface area contributed by atoms with Crippen LogP contribution >= 0.6 is 0 Å². The Morgan fingerprint density at radius 1 is 0.727 bits per heavy atom. The van der Waals surface area contributed by atoms with Crippen LogP contribution in [-0.2, 0) is 16.0 Å². The summed E-state index contributed by atoms with van der Waals surface area (Å²) in [7, 11) is 6.94. The molecule has 0 saturated carbocycles. The van der Waals surface area contributed by atoms with Crippen molar-refractivity contribution in [2.45, 2.75) is 6.42 Å². The highest BCUT2D eigenvalue weighted by molar-refractivity contribution is 6.15. The van der Waals surface area contributed by atoms with Crippen molar-refractivity contribution in [2.75, 3.05) is 33.5 Å². The Balaban J connectivity index is 1.40. The first-order valence-electron chi connectivity index (χ1n) is 14.3. The number of aliphatic imine (C=N–C) groups is 1. The molecular formula is C36H32N6O2. The van der Waals surface area contributed by atoms with Crippen LogP contribution in [0.4, 0.5) is 5.69 Å². The van der Waals surface area contributed by atoms with E-state index in [1.807, 2.05) is 84.9 Å². The third-order valence-corrected chi connectivity index (χ3v) is 7.48. The van der Waals surface area contributed by atoms with Gasteiger partial charge in [-0.3, -0.25) is 9.59 Å². The topological polar surface area (TPSA) is 90.8 Å². The average molecular weight is 581 g/mol. The number of amides is 2. The molecule has 0 aliphatic carbocycles. The number of rotatable bonds is 6. The van der Waals surface area contributed by atoms with Crippen LogP contribution in [0.5, 0.6) is 0 Å². The largest absolute Gasteiger partial charge is 0.348 e. The Bertz CT molecular complexity index is 1960. The average Bonchev–Trinajstić information content (AvgIpc) is 3.04. The van der Waals surface area contributed by atoms with Crippen LogP contribution < -0.4 is 5.32 Å². The highest BCUT2D eigenvalue weighted by atomic mass is 16.2. The van der Waals surface area contributed by atoms with Crippen molar-refractivity contribution in [3.05, 3.63) is 120 Å². The van der Waals surface area contributed by atoms with E-state index in [0.717, 1.165) is 44.4 Å². The molecule has 5 aromatic rings. The molecule has 1 N–H and O–H groups in total. The molecule has 8 heteroatoms. The van der Waals surface area contributed by atoms with Gasteiger partial charge in [0.2, 0.25) is 11.8 Å². The summed E-state index contributed by atoms with van der Waals surface area (Å²) in [6.07, 6.45) is 1.76. The number of benzene rings is 4. The second kappa shape index (κ2) is 11.9. The van der Waals surface area contributed by atoms with E-state index in [1.165, 1.54) is 4.90 Å². The van der Waals surface area contributed by atoms with Crippen LogP contribution in [0.1, 0.15) is 16.8 Å². The summed E-state index contributed by atoms with van der Waals surface area (Å²) < 4.78 is 0. The first-order valence-corrected chi connectivity index (χ1v) is 14.3. The molecule has 0 saturated heterocycles. The van der Waals surface area contributed by atoms with Crippen molar-refractivity contribution in [2.24, 2.45) is 4.99 Å². The van der Waals surface area contributed by atoms with Crippen molar-refractivity contribution in [3.8, 4) is 22.5 Å². The van der Waals surface area contributed by atoms with E-state index in [1.54, 1.807) is 39.2 Å². The number of fused-ring (bicyclic) bond motifs is 2. The van der Waals surface area contributed by atoms with E-state index in [-0.39, 0.29) is 18.2 Å². The highest BCUT2D eigenvalue weighted by Crippen LogP contribution is 2.35. The predicted molar refractivity (Wildman–Crippen MR) is 176 cm³/mol. The Kier molecular flexibility index (Phi) is 7.72. The molecule has 44 heavy (non-hydrogen) atoms. The van der Waals surface area contributed by atoms with E-state index < -0.39 is 0 Å². The van der Waals surface area contributed by atoms with Gasteiger partial charge in [0.25, 0.3) is 0 Å². The van der Waals surface area contributed by atoms with E-state index in [0.29, 0.717) is 23.1 Å². The number of aromatic nitrogens is 2. The molecule has 4 aromatic carbocycles. The van der Waals surface area contributed by atoms with Crippen LogP contribution in [0.3, 0.4) is 0 Å². The lowest BCUT2D eigenvalue weighted by molar-refractivity contribution is -0.128. The lowest BCUT2D eigenvalue weighted by Gasteiger charge is -2.22. The number of nitrogens with zero attached hydrogens (tertiary/aromatic N) is 5. The maximum Gasteiger partial charge on any atom is 0.248 e. The summed E-state index contributed by atoms with van der Waals surface area (Å²) in [5.41, 5.74) is 7.52. The molecule has 0 unspecified atom stereocenters.